The summed E-state index contributed by atoms with van der Waals surface area (Å²) >= 11 is 0. The molecule has 0 aromatic heterocycles. The number of rotatable bonds is 4. The summed E-state index contributed by atoms with van der Waals surface area (Å²) < 4.78 is 0. The van der Waals surface area contributed by atoms with Crippen LogP contribution in [0.15, 0.2) is 0 Å². The molecule has 4 N–H and O–H groups in total. The van der Waals surface area contributed by atoms with Crippen LogP contribution in [-0.2, 0) is 9.59 Å². The lowest BCUT2D eigenvalue weighted by molar-refractivity contribution is -0.143. The molecule has 1 aliphatic heterocycles. The van der Waals surface area contributed by atoms with Gasteiger partial charge in [-0.25, -0.2) is 4.79 Å². The molecular weight excluding hydrogens is 262 g/mol. The van der Waals surface area contributed by atoms with E-state index in [1.807, 2.05) is 10.2 Å². The Morgan fingerprint density at radius 2 is 1.95 bits per heavy atom. The Hall–Kier alpha value is -1.63. The molecule has 2 aliphatic rings. The molecule has 112 valence electrons. The van der Waals surface area contributed by atoms with Gasteiger partial charge < -0.3 is 10.8 Å². The van der Waals surface area contributed by atoms with Gasteiger partial charge in [0.15, 0.2) is 0 Å². The Morgan fingerprint density at radius 3 is 2.60 bits per heavy atom. The highest BCUT2D eigenvalue weighted by Gasteiger charge is 2.44. The van der Waals surface area contributed by atoms with Crippen molar-refractivity contribution in [1.29, 1.82) is 0 Å². The molecule has 0 aromatic rings. The third-order valence-corrected chi connectivity index (χ3v) is 4.37. The zero-order chi connectivity index (χ0) is 14.7. The first-order valence-electron chi connectivity index (χ1n) is 7.07. The Labute approximate surface area is 117 Å². The number of primary amides is 1. The molecule has 2 fully saturated rings. The average molecular weight is 283 g/mol. The summed E-state index contributed by atoms with van der Waals surface area (Å²) in [6.45, 7) is 0.358. The minimum absolute atomic E-state index is 0.0932. The number of nitrogens with zero attached hydrogens (tertiary/aromatic N) is 1. The number of hydrogen-bond acceptors (Lipinski definition) is 4. The maximum absolute atomic E-state index is 11.5. The number of carbonyl (C=O) groups is 3. The molecule has 1 heterocycles. The maximum atomic E-state index is 11.5. The number of aliphatic carboxylic acids is 1. The van der Waals surface area contributed by atoms with Crippen molar-refractivity contribution < 1.29 is 19.5 Å². The summed E-state index contributed by atoms with van der Waals surface area (Å²) in [5.74, 6) is -0.861. The summed E-state index contributed by atoms with van der Waals surface area (Å²) in [6, 6.07) is -1.13. The number of nitrogens with one attached hydrogen (secondary N) is 1. The van der Waals surface area contributed by atoms with Crippen molar-refractivity contribution in [3.05, 3.63) is 0 Å². The number of fused-ring (bicyclic) bond motifs is 1. The smallest absolute Gasteiger partial charge is 0.320 e. The summed E-state index contributed by atoms with van der Waals surface area (Å²) in [6.07, 6.45) is 5.08. The van der Waals surface area contributed by atoms with Crippen molar-refractivity contribution in [2.45, 2.75) is 50.6 Å². The molecule has 3 atom stereocenters. The van der Waals surface area contributed by atoms with Gasteiger partial charge in [0, 0.05) is 19.0 Å². The molecule has 2 rings (SSSR count). The lowest BCUT2D eigenvalue weighted by Gasteiger charge is -2.32. The fraction of sp³-hybridized carbons (Fsp3) is 0.769. The fourth-order valence-corrected chi connectivity index (χ4v) is 3.55. The maximum Gasteiger partial charge on any atom is 0.320 e. The highest BCUT2D eigenvalue weighted by Crippen LogP contribution is 2.39. The van der Waals surface area contributed by atoms with Gasteiger partial charge >= 0.3 is 12.0 Å². The van der Waals surface area contributed by atoms with Crippen LogP contribution in [0, 0.1) is 5.92 Å². The lowest BCUT2D eigenvalue weighted by atomic mass is 9.85. The normalized spacial score (nSPS) is 29.7. The molecule has 1 saturated carbocycles. The van der Waals surface area contributed by atoms with Crippen LogP contribution in [0.25, 0.3) is 0 Å². The number of hydrogen-bond donors (Lipinski definition) is 3. The van der Waals surface area contributed by atoms with E-state index in [0.717, 1.165) is 25.7 Å². The van der Waals surface area contributed by atoms with E-state index in [4.69, 9.17) is 5.73 Å². The number of imide groups is 1. The second-order valence-corrected chi connectivity index (χ2v) is 5.60. The minimum Gasteiger partial charge on any atom is -0.480 e. The van der Waals surface area contributed by atoms with Crippen molar-refractivity contribution in [2.24, 2.45) is 11.7 Å². The van der Waals surface area contributed by atoms with E-state index in [1.165, 1.54) is 0 Å². The molecular formula is C13H21N3O4. The van der Waals surface area contributed by atoms with Crippen molar-refractivity contribution in [2.75, 3.05) is 6.54 Å². The average Bonchev–Trinajstić information content (AvgIpc) is 2.74. The Kier molecular flexibility index (Phi) is 4.59. The second-order valence-electron chi connectivity index (χ2n) is 5.60. The summed E-state index contributed by atoms with van der Waals surface area (Å²) in [4.78, 5) is 35.3. The number of likely N-dealkylation sites (tertiary alicyclic amines) is 1. The third kappa shape index (κ3) is 3.27. The van der Waals surface area contributed by atoms with Crippen LogP contribution in [-0.4, -0.2) is 46.5 Å². The Balaban J connectivity index is 1.96. The molecule has 1 aliphatic carbocycles. The molecule has 0 aromatic carbocycles. The first-order chi connectivity index (χ1) is 9.49. The van der Waals surface area contributed by atoms with Crippen LogP contribution in [0.4, 0.5) is 4.79 Å². The van der Waals surface area contributed by atoms with Gasteiger partial charge in [-0.3, -0.25) is 19.8 Å². The van der Waals surface area contributed by atoms with Crippen molar-refractivity contribution in [3.63, 3.8) is 0 Å². The highest BCUT2D eigenvalue weighted by molar-refractivity contribution is 5.93. The first kappa shape index (κ1) is 14.8. The predicted molar refractivity (Wildman–Crippen MR) is 70.8 cm³/mol. The van der Waals surface area contributed by atoms with Gasteiger partial charge in [-0.2, -0.15) is 0 Å². The van der Waals surface area contributed by atoms with Gasteiger partial charge in [-0.05, 0) is 25.2 Å². The molecule has 7 heteroatoms. The topological polar surface area (TPSA) is 113 Å². The van der Waals surface area contributed by atoms with Gasteiger partial charge in [-0.15, -0.1) is 0 Å². The van der Waals surface area contributed by atoms with Gasteiger partial charge in [-0.1, -0.05) is 12.8 Å². The van der Waals surface area contributed by atoms with E-state index in [9.17, 15) is 19.5 Å². The summed E-state index contributed by atoms with van der Waals surface area (Å²) in [7, 11) is 0. The minimum atomic E-state index is -0.873. The van der Waals surface area contributed by atoms with Gasteiger partial charge in [0.05, 0.1) is 0 Å². The summed E-state index contributed by atoms with van der Waals surface area (Å²) in [5, 5.41) is 11.3. The molecule has 20 heavy (non-hydrogen) atoms. The van der Waals surface area contributed by atoms with Crippen LogP contribution < -0.4 is 11.1 Å². The first-order valence-corrected chi connectivity index (χ1v) is 7.07. The molecule has 0 spiro atoms. The Bertz CT molecular complexity index is 412. The van der Waals surface area contributed by atoms with Gasteiger partial charge in [0.1, 0.15) is 6.04 Å². The monoisotopic (exact) mass is 283 g/mol. The number of carboxylic acids is 1. The number of nitrogens with two attached hydrogens (primary N) is 1. The SMILES string of the molecule is NC(=O)NC(=O)CCN1[C@H](C(=O)O)C[C@H]2CCCC[C@@H]21. The van der Waals surface area contributed by atoms with Gasteiger partial charge in [0.25, 0.3) is 0 Å². The van der Waals surface area contributed by atoms with Crippen molar-refractivity contribution in [1.82, 2.24) is 10.2 Å². The van der Waals surface area contributed by atoms with Gasteiger partial charge in [0.2, 0.25) is 5.91 Å². The highest BCUT2D eigenvalue weighted by atomic mass is 16.4. The quantitative estimate of drug-likeness (QED) is 0.686. The summed E-state index contributed by atoms with van der Waals surface area (Å²) in [5.41, 5.74) is 4.88. The van der Waals surface area contributed by atoms with E-state index in [0.29, 0.717) is 18.9 Å². The Morgan fingerprint density at radius 1 is 1.25 bits per heavy atom. The van der Waals surface area contributed by atoms with E-state index in [-0.39, 0.29) is 12.5 Å². The predicted octanol–water partition coefficient (Wildman–Crippen LogP) is 0.289. The molecule has 1 saturated heterocycles. The number of urea groups is 1. The van der Waals surface area contributed by atoms with Crippen LogP contribution in [0.1, 0.15) is 38.5 Å². The van der Waals surface area contributed by atoms with Crippen LogP contribution in [0.5, 0.6) is 0 Å². The number of amides is 3. The molecule has 0 radical (unpaired) electrons. The van der Waals surface area contributed by atoms with E-state index >= 15 is 0 Å². The zero-order valence-corrected chi connectivity index (χ0v) is 11.4. The molecule has 0 unspecified atom stereocenters. The van der Waals surface area contributed by atoms with E-state index < -0.39 is 23.9 Å². The van der Waals surface area contributed by atoms with Crippen LogP contribution in [0.3, 0.4) is 0 Å². The molecule has 7 nitrogen and oxygen atoms in total. The zero-order valence-electron chi connectivity index (χ0n) is 11.4. The van der Waals surface area contributed by atoms with Crippen molar-refractivity contribution in [3.8, 4) is 0 Å². The molecule has 0 bridgehead atoms. The molecule has 3 amide bonds. The fourth-order valence-electron chi connectivity index (χ4n) is 3.55. The van der Waals surface area contributed by atoms with Crippen molar-refractivity contribution >= 4 is 17.9 Å². The third-order valence-electron chi connectivity index (χ3n) is 4.37. The largest absolute Gasteiger partial charge is 0.480 e. The van der Waals surface area contributed by atoms with E-state index in [1.54, 1.807) is 0 Å². The van der Waals surface area contributed by atoms with E-state index in [2.05, 4.69) is 0 Å². The van der Waals surface area contributed by atoms with Crippen LogP contribution >= 0.6 is 0 Å². The standard InChI is InChI=1S/C13H21N3O4/c14-13(20)15-11(17)5-6-16-9-4-2-1-3-8(9)7-10(16)12(18)19/h8-10H,1-7H2,(H,18,19)(H3,14,15,17,20)/t8-,9+,10+/m1/s1. The van der Waals surface area contributed by atoms with Crippen LogP contribution in [0.2, 0.25) is 0 Å². The number of carbonyl (C=O) groups excluding carboxylic acids is 2. The second kappa shape index (κ2) is 6.21. The lowest BCUT2D eigenvalue weighted by Crippen LogP contribution is -2.44. The number of carboxylic acid groups (broad SMARTS) is 1.